The topological polar surface area (TPSA) is 151 Å². The Bertz CT molecular complexity index is 2550. The molecule has 3 N–H and O–H groups in total. The number of rotatable bonds is 11. The molecule has 2 heterocycles. The Balaban J connectivity index is 0.932. The van der Waals surface area contributed by atoms with Crippen molar-refractivity contribution in [3.05, 3.63) is 159 Å². The maximum Gasteiger partial charge on any atom is 0.349 e. The predicted octanol–water partition coefficient (Wildman–Crippen LogP) is 6.22. The van der Waals surface area contributed by atoms with Gasteiger partial charge in [-0.15, -0.1) is 0 Å². The van der Waals surface area contributed by atoms with Crippen LogP contribution in [0.4, 0.5) is 5.69 Å². The molecule has 2 amide bonds. The molecule has 0 spiro atoms. The summed E-state index contributed by atoms with van der Waals surface area (Å²) in [5.74, 6) is -2.36. The second-order valence-corrected chi connectivity index (χ2v) is 13.7. The number of anilines is 1. The Morgan fingerprint density at radius 3 is 2.27 bits per heavy atom. The predicted molar refractivity (Wildman–Crippen MR) is 216 cm³/mol. The van der Waals surface area contributed by atoms with Crippen molar-refractivity contribution in [2.75, 3.05) is 24.5 Å². The molecule has 1 aliphatic heterocycles. The van der Waals surface area contributed by atoms with E-state index >= 15 is 0 Å². The van der Waals surface area contributed by atoms with Crippen molar-refractivity contribution < 1.29 is 28.6 Å². The second-order valence-electron chi connectivity index (χ2n) is 13.7. The number of hydrogen-bond donors (Lipinski definition) is 3. The third-order valence-corrected chi connectivity index (χ3v) is 10.3. The first-order valence-corrected chi connectivity index (χ1v) is 18.5. The minimum atomic E-state index is -1.42. The Morgan fingerprint density at radius 1 is 0.857 bits per heavy atom. The van der Waals surface area contributed by atoms with E-state index in [4.69, 9.17) is 9.15 Å². The number of aliphatic carboxylic acids is 1. The van der Waals surface area contributed by atoms with Gasteiger partial charge in [-0.25, -0.2) is 14.6 Å². The van der Waals surface area contributed by atoms with E-state index in [2.05, 4.69) is 58.6 Å². The summed E-state index contributed by atoms with van der Waals surface area (Å²) in [7, 11) is 0. The summed E-state index contributed by atoms with van der Waals surface area (Å²) < 4.78 is 11.6. The zero-order chi connectivity index (χ0) is 38.9. The number of aliphatic imine (C=N–C) groups is 1. The Labute approximate surface area is 322 Å². The van der Waals surface area contributed by atoms with Crippen LogP contribution in [0.2, 0.25) is 0 Å². The van der Waals surface area contributed by atoms with E-state index in [0.717, 1.165) is 52.2 Å². The van der Waals surface area contributed by atoms with Crippen LogP contribution >= 0.6 is 0 Å². The number of carboxylic acid groups (broad SMARTS) is 1. The molecule has 3 aliphatic rings. The zero-order valence-electron chi connectivity index (χ0n) is 30.7. The molecule has 2 aliphatic carbocycles. The van der Waals surface area contributed by atoms with Gasteiger partial charge in [-0.3, -0.25) is 9.59 Å². The lowest BCUT2D eigenvalue weighted by atomic mass is 10.00. The molecule has 11 heteroatoms. The largest absolute Gasteiger partial charge is 0.480 e. The first-order chi connectivity index (χ1) is 27.2. The fraction of sp³-hybridized carbons (Fsp3) is 0.178. The molecule has 1 aromatic heterocycles. The number of amides is 2. The van der Waals surface area contributed by atoms with E-state index in [-0.39, 0.29) is 23.6 Å². The van der Waals surface area contributed by atoms with Gasteiger partial charge in [0.2, 0.25) is 5.90 Å². The minimum absolute atomic E-state index is 0.0929. The van der Waals surface area contributed by atoms with Crippen LogP contribution in [0, 0.1) is 0 Å². The molecule has 3 unspecified atom stereocenters. The summed E-state index contributed by atoms with van der Waals surface area (Å²) >= 11 is 0. The Morgan fingerprint density at radius 2 is 1.57 bits per heavy atom. The van der Waals surface area contributed by atoms with Crippen LogP contribution in [-0.4, -0.2) is 66.6 Å². The van der Waals surface area contributed by atoms with Crippen molar-refractivity contribution in [3.63, 3.8) is 0 Å². The number of hydrogen-bond acceptors (Lipinski definition) is 8. The van der Waals surface area contributed by atoms with E-state index < -0.39 is 41.6 Å². The van der Waals surface area contributed by atoms with Crippen molar-refractivity contribution in [2.24, 2.45) is 4.99 Å². The zero-order valence-corrected chi connectivity index (χ0v) is 30.7. The van der Waals surface area contributed by atoms with E-state index in [9.17, 15) is 24.3 Å². The van der Waals surface area contributed by atoms with Gasteiger partial charge in [0.05, 0.1) is 0 Å². The van der Waals surface area contributed by atoms with E-state index in [0.29, 0.717) is 16.5 Å². The SMILES string of the molecule is CCN(CC)c1ccc2cc(C3=NC4C=C(C(=O)NC(CNC(=O)c5cccc(C=C6c7ccccc7-c7ccccc76)c5)C(=O)O)C=CC4O3)c(=O)oc2c1. The summed E-state index contributed by atoms with van der Waals surface area (Å²) in [6.45, 7) is 5.38. The van der Waals surface area contributed by atoms with Crippen molar-refractivity contribution in [1.82, 2.24) is 10.6 Å². The molecule has 4 aromatic carbocycles. The number of benzene rings is 4. The summed E-state index contributed by atoms with van der Waals surface area (Å²) in [6.07, 6.45) is 6.19. The number of carbonyl (C=O) groups is 3. The highest BCUT2D eigenvalue weighted by Crippen LogP contribution is 2.44. The van der Waals surface area contributed by atoms with Crippen molar-refractivity contribution in [1.29, 1.82) is 0 Å². The maximum atomic E-state index is 13.3. The van der Waals surface area contributed by atoms with Crippen molar-refractivity contribution in [3.8, 4) is 11.1 Å². The number of ether oxygens (including phenoxy) is 1. The van der Waals surface area contributed by atoms with Crippen LogP contribution in [0.15, 0.2) is 135 Å². The maximum absolute atomic E-state index is 13.3. The molecule has 8 rings (SSSR count). The van der Waals surface area contributed by atoms with Crippen LogP contribution in [0.1, 0.15) is 46.5 Å². The summed E-state index contributed by atoms with van der Waals surface area (Å²) in [4.78, 5) is 58.5. The molecule has 0 radical (unpaired) electrons. The average Bonchev–Trinajstić information content (AvgIpc) is 3.78. The van der Waals surface area contributed by atoms with Gasteiger partial charge in [0, 0.05) is 47.9 Å². The quantitative estimate of drug-likeness (QED) is 0.132. The highest BCUT2D eigenvalue weighted by molar-refractivity contribution is 6.07. The van der Waals surface area contributed by atoms with E-state index in [1.807, 2.05) is 54.6 Å². The first kappa shape index (κ1) is 36.0. The number of fused-ring (bicyclic) bond motifs is 5. The lowest BCUT2D eigenvalue weighted by Crippen LogP contribution is -2.49. The molecule has 0 saturated heterocycles. The smallest absolute Gasteiger partial charge is 0.349 e. The molecule has 56 heavy (non-hydrogen) atoms. The van der Waals surface area contributed by atoms with Gasteiger partial charge in [0.25, 0.3) is 11.8 Å². The molecule has 0 bridgehead atoms. The Kier molecular flexibility index (Phi) is 9.65. The third-order valence-electron chi connectivity index (χ3n) is 10.3. The van der Waals surface area contributed by atoms with Gasteiger partial charge in [0.1, 0.15) is 29.3 Å². The fourth-order valence-electron chi connectivity index (χ4n) is 7.36. The van der Waals surface area contributed by atoms with Gasteiger partial charge in [-0.2, -0.15) is 0 Å². The molecule has 0 fully saturated rings. The van der Waals surface area contributed by atoms with Gasteiger partial charge < -0.3 is 29.8 Å². The van der Waals surface area contributed by atoms with Crippen LogP contribution in [0.5, 0.6) is 0 Å². The van der Waals surface area contributed by atoms with Gasteiger partial charge in [-0.05, 0) is 102 Å². The third kappa shape index (κ3) is 6.90. The van der Waals surface area contributed by atoms with Crippen LogP contribution in [0.3, 0.4) is 0 Å². The molecular formula is C45H38N4O7. The van der Waals surface area contributed by atoms with Gasteiger partial charge in [-0.1, -0.05) is 60.7 Å². The standard InChI is InChI=1S/C45H38N4O7/c1-3-49(4-2)30-18-16-27-22-36(45(54)56-40(27)24-30)43-48-37-23-29(17-19-39(37)55-43)42(51)47-38(44(52)53)25-46-41(50)28-11-9-10-26(20-28)21-35-33-14-7-5-12-31(33)32-13-6-8-15-34(32)35/h5-24,37-39H,3-4,25H2,1-2H3,(H,46,50)(H,47,51)(H,52,53). The number of nitrogens with zero attached hydrogens (tertiary/aromatic N) is 2. The monoisotopic (exact) mass is 746 g/mol. The molecular weight excluding hydrogens is 709 g/mol. The first-order valence-electron chi connectivity index (χ1n) is 18.5. The lowest BCUT2D eigenvalue weighted by molar-refractivity contribution is -0.141. The highest BCUT2D eigenvalue weighted by Gasteiger charge is 2.34. The highest BCUT2D eigenvalue weighted by atomic mass is 16.5. The van der Waals surface area contributed by atoms with Crippen molar-refractivity contribution in [2.45, 2.75) is 32.0 Å². The minimum Gasteiger partial charge on any atom is -0.480 e. The fourth-order valence-corrected chi connectivity index (χ4v) is 7.36. The van der Waals surface area contributed by atoms with Crippen LogP contribution in [0.25, 0.3) is 33.7 Å². The molecule has 0 saturated carbocycles. The van der Waals surface area contributed by atoms with Gasteiger partial charge in [0.15, 0.2) is 0 Å². The summed E-state index contributed by atoms with van der Waals surface area (Å²) in [5.41, 5.74) is 7.85. The van der Waals surface area contributed by atoms with Crippen molar-refractivity contribution >= 4 is 52.0 Å². The van der Waals surface area contributed by atoms with Gasteiger partial charge >= 0.3 is 11.6 Å². The van der Waals surface area contributed by atoms with E-state index in [1.54, 1.807) is 36.4 Å². The molecule has 11 nitrogen and oxygen atoms in total. The summed E-state index contributed by atoms with van der Waals surface area (Å²) in [5, 5.41) is 15.8. The van der Waals surface area contributed by atoms with Crippen LogP contribution in [-0.2, 0) is 14.3 Å². The normalized spacial score (nSPS) is 16.8. The molecule has 5 aromatic rings. The number of nitrogens with one attached hydrogen (secondary N) is 2. The number of carboxylic acids is 1. The summed E-state index contributed by atoms with van der Waals surface area (Å²) in [6, 6.07) is 28.8. The average molecular weight is 747 g/mol. The number of carbonyl (C=O) groups excluding carboxylic acids is 2. The lowest BCUT2D eigenvalue weighted by Gasteiger charge is -2.21. The second kappa shape index (κ2) is 15.0. The molecule has 280 valence electrons. The van der Waals surface area contributed by atoms with Crippen LogP contribution < -0.4 is 21.2 Å². The Hall–Kier alpha value is -7.01. The molecule has 3 atom stereocenters. The van der Waals surface area contributed by atoms with E-state index in [1.165, 1.54) is 6.08 Å².